The van der Waals surface area contributed by atoms with Crippen molar-refractivity contribution in [2.24, 2.45) is 5.73 Å². The van der Waals surface area contributed by atoms with E-state index in [0.29, 0.717) is 0 Å². The van der Waals surface area contributed by atoms with Crippen LogP contribution in [-0.2, 0) is 18.4 Å². The Morgan fingerprint density at radius 3 is 2.62 bits per heavy atom. The average molecular weight is 281 g/mol. The summed E-state index contributed by atoms with van der Waals surface area (Å²) < 4.78 is 5.38. The second-order valence-corrected chi connectivity index (χ2v) is 6.20. The van der Waals surface area contributed by atoms with Gasteiger partial charge in [-0.05, 0) is 61.4 Å². The molecule has 0 saturated heterocycles. The molecule has 0 bridgehead atoms. The van der Waals surface area contributed by atoms with Crippen LogP contribution in [0.5, 0.6) is 5.75 Å². The highest BCUT2D eigenvalue weighted by Gasteiger charge is 2.33. The Kier molecular flexibility index (Phi) is 3.73. The Labute approximate surface area is 126 Å². The van der Waals surface area contributed by atoms with E-state index in [9.17, 15) is 0 Å². The van der Waals surface area contributed by atoms with Crippen LogP contribution < -0.4 is 10.5 Å². The molecule has 2 nitrogen and oxygen atoms in total. The van der Waals surface area contributed by atoms with Gasteiger partial charge in [0, 0.05) is 5.54 Å². The van der Waals surface area contributed by atoms with E-state index in [1.165, 1.54) is 22.3 Å². The SMILES string of the molecule is COc1ccc2c(c1)C(N)(Cc1ccc(C)cc1)CCC2. The van der Waals surface area contributed by atoms with Crippen molar-refractivity contribution in [2.75, 3.05) is 7.11 Å². The van der Waals surface area contributed by atoms with Gasteiger partial charge in [0.1, 0.15) is 5.75 Å². The highest BCUT2D eigenvalue weighted by atomic mass is 16.5. The molecule has 2 N–H and O–H groups in total. The summed E-state index contributed by atoms with van der Waals surface area (Å²) in [6.07, 6.45) is 4.18. The Bertz CT molecular complexity index is 633. The minimum atomic E-state index is -0.280. The standard InChI is InChI=1S/C19H23NO/c1-14-5-7-15(8-6-14)13-19(20)11-3-4-16-9-10-17(21-2)12-18(16)19/h5-10,12H,3-4,11,13,20H2,1-2H3. The fourth-order valence-corrected chi connectivity index (χ4v) is 3.35. The molecule has 0 spiro atoms. The third-order valence-electron chi connectivity index (χ3n) is 4.56. The highest BCUT2D eigenvalue weighted by Crippen LogP contribution is 2.37. The van der Waals surface area contributed by atoms with Crippen molar-refractivity contribution in [1.29, 1.82) is 0 Å². The molecule has 0 amide bonds. The molecule has 0 saturated carbocycles. The highest BCUT2D eigenvalue weighted by molar-refractivity contribution is 5.43. The molecule has 0 aliphatic heterocycles. The van der Waals surface area contributed by atoms with E-state index in [-0.39, 0.29) is 5.54 Å². The molecule has 3 rings (SSSR count). The molecule has 2 heteroatoms. The largest absolute Gasteiger partial charge is 0.497 e. The zero-order chi connectivity index (χ0) is 14.9. The smallest absolute Gasteiger partial charge is 0.119 e. The molecule has 1 aliphatic carbocycles. The van der Waals surface area contributed by atoms with Crippen LogP contribution in [0.25, 0.3) is 0 Å². The van der Waals surface area contributed by atoms with Crippen molar-refractivity contribution >= 4 is 0 Å². The Morgan fingerprint density at radius 1 is 1.14 bits per heavy atom. The fraction of sp³-hybridized carbons (Fsp3) is 0.368. The van der Waals surface area contributed by atoms with Gasteiger partial charge in [0.05, 0.1) is 7.11 Å². The summed E-state index contributed by atoms with van der Waals surface area (Å²) in [5.74, 6) is 0.898. The zero-order valence-electron chi connectivity index (χ0n) is 12.9. The van der Waals surface area contributed by atoms with E-state index in [4.69, 9.17) is 10.5 Å². The monoisotopic (exact) mass is 281 g/mol. The van der Waals surface area contributed by atoms with Gasteiger partial charge in [-0.1, -0.05) is 35.9 Å². The van der Waals surface area contributed by atoms with E-state index in [2.05, 4.69) is 43.3 Å². The van der Waals surface area contributed by atoms with Crippen LogP contribution in [0.3, 0.4) is 0 Å². The summed E-state index contributed by atoms with van der Waals surface area (Å²) >= 11 is 0. The summed E-state index contributed by atoms with van der Waals surface area (Å²) in [5, 5.41) is 0. The number of hydrogen-bond acceptors (Lipinski definition) is 2. The summed E-state index contributed by atoms with van der Waals surface area (Å²) in [6, 6.07) is 15.0. The normalized spacial score (nSPS) is 20.9. The number of benzene rings is 2. The van der Waals surface area contributed by atoms with Gasteiger partial charge >= 0.3 is 0 Å². The van der Waals surface area contributed by atoms with Crippen LogP contribution in [0, 0.1) is 6.92 Å². The Morgan fingerprint density at radius 2 is 1.90 bits per heavy atom. The van der Waals surface area contributed by atoms with Gasteiger partial charge in [-0.15, -0.1) is 0 Å². The molecule has 2 aromatic carbocycles. The third kappa shape index (κ3) is 2.81. The molecule has 0 heterocycles. The van der Waals surface area contributed by atoms with Crippen molar-refractivity contribution < 1.29 is 4.74 Å². The molecule has 21 heavy (non-hydrogen) atoms. The second kappa shape index (κ2) is 5.53. The lowest BCUT2D eigenvalue weighted by Crippen LogP contribution is -2.42. The maximum absolute atomic E-state index is 6.81. The predicted molar refractivity (Wildman–Crippen MR) is 86.7 cm³/mol. The van der Waals surface area contributed by atoms with Crippen molar-refractivity contribution in [1.82, 2.24) is 0 Å². The van der Waals surface area contributed by atoms with E-state index in [1.54, 1.807) is 7.11 Å². The van der Waals surface area contributed by atoms with E-state index in [1.807, 2.05) is 6.07 Å². The molecule has 1 aliphatic rings. The summed E-state index contributed by atoms with van der Waals surface area (Å²) in [4.78, 5) is 0. The topological polar surface area (TPSA) is 35.2 Å². The molecule has 0 fully saturated rings. The lowest BCUT2D eigenvalue weighted by atomic mass is 9.74. The van der Waals surface area contributed by atoms with Crippen LogP contribution in [0.4, 0.5) is 0 Å². The molecule has 1 atom stereocenters. The van der Waals surface area contributed by atoms with Crippen molar-refractivity contribution in [3.8, 4) is 5.75 Å². The summed E-state index contributed by atoms with van der Waals surface area (Å²) in [7, 11) is 1.71. The van der Waals surface area contributed by atoms with E-state index >= 15 is 0 Å². The van der Waals surface area contributed by atoms with E-state index in [0.717, 1.165) is 31.4 Å². The van der Waals surface area contributed by atoms with Gasteiger partial charge in [0.15, 0.2) is 0 Å². The quantitative estimate of drug-likeness (QED) is 0.930. The summed E-state index contributed by atoms with van der Waals surface area (Å²) in [6.45, 7) is 2.11. The molecule has 1 unspecified atom stereocenters. The van der Waals surface area contributed by atoms with Gasteiger partial charge in [-0.25, -0.2) is 0 Å². The molecule has 0 aromatic heterocycles. The second-order valence-electron chi connectivity index (χ2n) is 6.20. The van der Waals surface area contributed by atoms with Crippen LogP contribution in [0.2, 0.25) is 0 Å². The molecule has 0 radical (unpaired) electrons. The van der Waals surface area contributed by atoms with Crippen molar-refractivity contribution in [2.45, 2.75) is 38.1 Å². The van der Waals surface area contributed by atoms with Crippen molar-refractivity contribution in [3.63, 3.8) is 0 Å². The number of hydrogen-bond donors (Lipinski definition) is 1. The van der Waals surface area contributed by atoms with Crippen LogP contribution in [0.15, 0.2) is 42.5 Å². The maximum atomic E-state index is 6.81. The number of fused-ring (bicyclic) bond motifs is 1. The first kappa shape index (κ1) is 14.2. The molecular weight excluding hydrogens is 258 g/mol. The average Bonchev–Trinajstić information content (AvgIpc) is 2.50. The van der Waals surface area contributed by atoms with E-state index < -0.39 is 0 Å². The van der Waals surface area contributed by atoms with Gasteiger partial charge < -0.3 is 10.5 Å². The van der Waals surface area contributed by atoms with Gasteiger partial charge in [-0.3, -0.25) is 0 Å². The number of aryl methyl sites for hydroxylation is 2. The lowest BCUT2D eigenvalue weighted by molar-refractivity contribution is 0.363. The number of ether oxygens (including phenoxy) is 1. The Hall–Kier alpha value is -1.80. The Balaban J connectivity index is 1.96. The van der Waals surface area contributed by atoms with Gasteiger partial charge in [-0.2, -0.15) is 0 Å². The number of rotatable bonds is 3. The van der Waals surface area contributed by atoms with Gasteiger partial charge in [0.25, 0.3) is 0 Å². The fourth-order valence-electron chi connectivity index (χ4n) is 3.35. The first-order valence-corrected chi connectivity index (χ1v) is 7.62. The molecule has 110 valence electrons. The van der Waals surface area contributed by atoms with Crippen LogP contribution >= 0.6 is 0 Å². The minimum Gasteiger partial charge on any atom is -0.497 e. The van der Waals surface area contributed by atoms with Gasteiger partial charge in [0.2, 0.25) is 0 Å². The number of methoxy groups -OCH3 is 1. The van der Waals surface area contributed by atoms with Crippen LogP contribution in [0.1, 0.15) is 35.1 Å². The molecular formula is C19H23NO. The third-order valence-corrected chi connectivity index (χ3v) is 4.56. The van der Waals surface area contributed by atoms with Crippen LogP contribution in [-0.4, -0.2) is 7.11 Å². The first-order valence-electron chi connectivity index (χ1n) is 7.62. The minimum absolute atomic E-state index is 0.280. The molecule has 2 aromatic rings. The van der Waals surface area contributed by atoms with Crippen molar-refractivity contribution in [3.05, 3.63) is 64.7 Å². The maximum Gasteiger partial charge on any atom is 0.119 e. The predicted octanol–water partition coefficient (Wildman–Crippen LogP) is 3.74. The first-order chi connectivity index (χ1) is 10.1. The number of nitrogens with two attached hydrogens (primary N) is 1. The zero-order valence-corrected chi connectivity index (χ0v) is 12.9. The summed E-state index contributed by atoms with van der Waals surface area (Å²) in [5.41, 5.74) is 11.8. The lowest BCUT2D eigenvalue weighted by Gasteiger charge is -2.36.